The van der Waals surface area contributed by atoms with E-state index in [2.05, 4.69) is 86.3 Å². The highest BCUT2D eigenvalue weighted by atomic mass is 127. The molecular weight excluding hydrogens is 585 g/mol. The van der Waals surface area contributed by atoms with Gasteiger partial charge in [-0.2, -0.15) is 4.57 Å². The number of nitrogens with zero attached hydrogens (tertiary/aromatic N) is 1. The van der Waals surface area contributed by atoms with E-state index >= 15 is 0 Å². The molecule has 0 aliphatic heterocycles. The van der Waals surface area contributed by atoms with Crippen LogP contribution in [0.25, 0.3) is 32.9 Å². The number of nitrogens with two attached hydrogens (primary N) is 2. The van der Waals surface area contributed by atoms with Crippen molar-refractivity contribution >= 4 is 61.5 Å². The number of hydrogen-bond acceptors (Lipinski definition) is 4. The summed E-state index contributed by atoms with van der Waals surface area (Å²) in [5, 5.41) is 9.88. The molecule has 0 aliphatic carbocycles. The summed E-state index contributed by atoms with van der Waals surface area (Å²) in [5.41, 5.74) is 18.0. The number of carbonyl (C=O) groups is 1. The number of benzene rings is 4. The lowest BCUT2D eigenvalue weighted by Crippen LogP contribution is -2.39. The minimum Gasteiger partial charge on any atom is -0.399 e. The minimum absolute atomic E-state index is 0.0502. The molecule has 192 valence electrons. The summed E-state index contributed by atoms with van der Waals surface area (Å²) in [5.74, 6) is -0.0502. The summed E-state index contributed by atoms with van der Waals surface area (Å²) in [6.45, 7) is 2.90. The van der Waals surface area contributed by atoms with Crippen molar-refractivity contribution in [3.63, 3.8) is 0 Å². The largest absolute Gasteiger partial charge is 0.399 e. The smallest absolute Gasteiger partial charge is 0.251 e. The number of fused-ring (bicyclic) bond motifs is 3. The Morgan fingerprint density at radius 3 is 2.24 bits per heavy atom. The van der Waals surface area contributed by atoms with E-state index in [4.69, 9.17) is 11.5 Å². The molecule has 5 aromatic rings. The van der Waals surface area contributed by atoms with Crippen LogP contribution in [0.3, 0.4) is 0 Å². The fourth-order valence-corrected chi connectivity index (χ4v) is 5.21. The molecule has 1 aromatic heterocycles. The van der Waals surface area contributed by atoms with Crippen molar-refractivity contribution in [3.05, 3.63) is 100 Å². The van der Waals surface area contributed by atoms with Gasteiger partial charge in [0.15, 0.2) is 6.54 Å². The van der Waals surface area contributed by atoms with Crippen LogP contribution in [0.5, 0.6) is 0 Å². The first-order chi connectivity index (χ1) is 18.5. The van der Waals surface area contributed by atoms with Gasteiger partial charge in [-0.25, -0.2) is 0 Å². The van der Waals surface area contributed by atoms with Crippen LogP contribution >= 0.6 is 22.6 Å². The average molecular weight is 617 g/mol. The van der Waals surface area contributed by atoms with Gasteiger partial charge in [-0.05, 0) is 83.3 Å². The van der Waals surface area contributed by atoms with Gasteiger partial charge in [0.25, 0.3) is 5.91 Å². The van der Waals surface area contributed by atoms with E-state index in [9.17, 15) is 4.79 Å². The summed E-state index contributed by atoms with van der Waals surface area (Å²) in [7, 11) is 0. The summed E-state index contributed by atoms with van der Waals surface area (Å²) in [6.07, 6.45) is 0.910. The first-order valence-corrected chi connectivity index (χ1v) is 13.8. The van der Waals surface area contributed by atoms with Crippen molar-refractivity contribution in [2.75, 3.05) is 31.1 Å². The number of halogens is 1. The van der Waals surface area contributed by atoms with Crippen LogP contribution in [-0.2, 0) is 6.54 Å². The van der Waals surface area contributed by atoms with Crippen molar-refractivity contribution in [3.8, 4) is 11.3 Å². The number of anilines is 2. The second-order valence-corrected chi connectivity index (χ2v) is 10.6. The number of aromatic nitrogens is 1. The van der Waals surface area contributed by atoms with Gasteiger partial charge < -0.3 is 22.1 Å². The summed E-state index contributed by atoms with van der Waals surface area (Å²) in [4.78, 5) is 12.3. The van der Waals surface area contributed by atoms with Crippen LogP contribution in [0.1, 0.15) is 16.8 Å². The SMILES string of the molecule is Nc1ccc2c(c1)c(-c1ccccc1)[n+](CCCNCCNC(=O)c1ccc(I)cc1)c1cc(N)ccc21. The first-order valence-electron chi connectivity index (χ1n) is 12.8. The lowest BCUT2D eigenvalue weighted by atomic mass is 9.98. The Hall–Kier alpha value is -3.69. The molecule has 0 radical (unpaired) electrons. The Labute approximate surface area is 236 Å². The molecular formula is C31H31IN5O+. The topological polar surface area (TPSA) is 97.0 Å². The van der Waals surface area contributed by atoms with Crippen molar-refractivity contribution in [1.82, 2.24) is 10.6 Å². The highest BCUT2D eigenvalue weighted by molar-refractivity contribution is 14.1. The van der Waals surface area contributed by atoms with Gasteiger partial charge in [-0.3, -0.25) is 4.79 Å². The van der Waals surface area contributed by atoms with Gasteiger partial charge in [0, 0.05) is 63.6 Å². The van der Waals surface area contributed by atoms with Crippen LogP contribution in [0.4, 0.5) is 11.4 Å². The average Bonchev–Trinajstić information content (AvgIpc) is 2.93. The van der Waals surface area contributed by atoms with Gasteiger partial charge in [-0.1, -0.05) is 24.3 Å². The van der Waals surface area contributed by atoms with Gasteiger partial charge >= 0.3 is 0 Å². The molecule has 6 N–H and O–H groups in total. The number of nitrogens with one attached hydrogen (secondary N) is 2. The maximum atomic E-state index is 12.3. The highest BCUT2D eigenvalue weighted by Crippen LogP contribution is 2.33. The molecule has 0 atom stereocenters. The standard InChI is InChI=1S/C31H30IN5O/c32-23-9-7-22(8-10-23)31(38)36-17-16-35-15-4-18-37-29-20-25(34)12-14-27(29)26-13-11-24(33)19-28(26)30(37)21-5-2-1-3-6-21/h1-3,5-14,19-20,34-35H,4,15-18,33H2,(H,36,38)/p+1. The second kappa shape index (κ2) is 11.8. The van der Waals surface area contributed by atoms with Gasteiger partial charge in [0.05, 0.1) is 10.8 Å². The molecule has 1 heterocycles. The molecule has 7 heteroatoms. The fraction of sp³-hybridized carbons (Fsp3) is 0.161. The van der Waals surface area contributed by atoms with Crippen molar-refractivity contribution in [2.24, 2.45) is 0 Å². The van der Waals surface area contributed by atoms with E-state index < -0.39 is 0 Å². The molecule has 0 aliphatic rings. The predicted octanol–water partition coefficient (Wildman–Crippen LogP) is 5.13. The summed E-state index contributed by atoms with van der Waals surface area (Å²) >= 11 is 2.23. The molecule has 0 saturated heterocycles. The molecule has 0 unspecified atom stereocenters. The fourth-order valence-electron chi connectivity index (χ4n) is 4.85. The third-order valence-corrected chi connectivity index (χ3v) is 7.37. The molecule has 0 bridgehead atoms. The zero-order chi connectivity index (χ0) is 26.5. The third-order valence-electron chi connectivity index (χ3n) is 6.65. The van der Waals surface area contributed by atoms with E-state index in [1.54, 1.807) is 0 Å². The Morgan fingerprint density at radius 2 is 1.47 bits per heavy atom. The Balaban J connectivity index is 1.33. The van der Waals surface area contributed by atoms with Crippen molar-refractivity contribution in [1.29, 1.82) is 0 Å². The van der Waals surface area contributed by atoms with Crippen LogP contribution < -0.4 is 26.7 Å². The zero-order valence-corrected chi connectivity index (χ0v) is 23.2. The maximum absolute atomic E-state index is 12.3. The predicted molar refractivity (Wildman–Crippen MR) is 165 cm³/mol. The molecule has 5 rings (SSSR count). The lowest BCUT2D eigenvalue weighted by Gasteiger charge is -2.13. The zero-order valence-electron chi connectivity index (χ0n) is 21.1. The maximum Gasteiger partial charge on any atom is 0.251 e. The number of carbonyl (C=O) groups excluding carboxylic acids is 1. The Kier molecular flexibility index (Phi) is 8.05. The second-order valence-electron chi connectivity index (χ2n) is 9.31. The monoisotopic (exact) mass is 616 g/mol. The van der Waals surface area contributed by atoms with Crippen LogP contribution in [0.15, 0.2) is 91.0 Å². The summed E-state index contributed by atoms with van der Waals surface area (Å²) < 4.78 is 3.47. The van der Waals surface area contributed by atoms with E-state index in [-0.39, 0.29) is 5.91 Å². The molecule has 0 saturated carbocycles. The van der Waals surface area contributed by atoms with E-state index in [1.165, 1.54) is 0 Å². The number of rotatable bonds is 9. The van der Waals surface area contributed by atoms with Gasteiger partial charge in [-0.15, -0.1) is 0 Å². The molecule has 4 aromatic carbocycles. The van der Waals surface area contributed by atoms with Crippen molar-refractivity contribution in [2.45, 2.75) is 13.0 Å². The lowest BCUT2D eigenvalue weighted by molar-refractivity contribution is -0.659. The molecule has 38 heavy (non-hydrogen) atoms. The van der Waals surface area contributed by atoms with E-state index in [0.29, 0.717) is 18.7 Å². The van der Waals surface area contributed by atoms with Gasteiger partial charge in [0.1, 0.15) is 0 Å². The third kappa shape index (κ3) is 5.74. The van der Waals surface area contributed by atoms with E-state index in [0.717, 1.165) is 67.4 Å². The van der Waals surface area contributed by atoms with Crippen molar-refractivity contribution < 1.29 is 9.36 Å². The molecule has 0 spiro atoms. The number of amides is 1. The number of hydrogen-bond donors (Lipinski definition) is 4. The first kappa shape index (κ1) is 25.9. The Morgan fingerprint density at radius 1 is 0.763 bits per heavy atom. The number of nitrogen functional groups attached to an aromatic ring is 2. The highest BCUT2D eigenvalue weighted by Gasteiger charge is 2.23. The van der Waals surface area contributed by atoms with Crippen LogP contribution in [0, 0.1) is 3.57 Å². The van der Waals surface area contributed by atoms with Gasteiger partial charge in [0.2, 0.25) is 11.2 Å². The van der Waals surface area contributed by atoms with E-state index in [1.807, 2.05) is 42.5 Å². The normalized spacial score (nSPS) is 11.2. The Bertz CT molecular complexity index is 1590. The van der Waals surface area contributed by atoms with Crippen LogP contribution in [0.2, 0.25) is 0 Å². The summed E-state index contributed by atoms with van der Waals surface area (Å²) in [6, 6.07) is 30.3. The molecule has 6 nitrogen and oxygen atoms in total. The molecule has 1 amide bonds. The van der Waals surface area contributed by atoms with Crippen LogP contribution in [-0.4, -0.2) is 25.5 Å². The minimum atomic E-state index is -0.0502. The molecule has 0 fully saturated rings. The quantitative estimate of drug-likeness (QED) is 0.0608. The number of pyridine rings is 1. The number of aryl methyl sites for hydroxylation is 1.